The maximum atomic E-state index is 12.8. The van der Waals surface area contributed by atoms with E-state index in [9.17, 15) is 24.5 Å². The van der Waals surface area contributed by atoms with E-state index in [4.69, 9.17) is 14.8 Å². The number of phosphoric ester groups is 1. The number of allylic oxidation sites excluding steroid dienone is 7. The first kappa shape index (κ1) is 52.4. The molecular weight excluding hydrogens is 699 g/mol. The zero-order valence-electron chi connectivity index (χ0n) is 34.6. The first-order valence-electron chi connectivity index (χ1n) is 21.8. The van der Waals surface area contributed by atoms with Crippen molar-refractivity contribution in [3.05, 3.63) is 48.6 Å². The van der Waals surface area contributed by atoms with Crippen LogP contribution in [0.1, 0.15) is 187 Å². The maximum absolute atomic E-state index is 12.8. The van der Waals surface area contributed by atoms with Crippen LogP contribution in [0.3, 0.4) is 0 Å². The zero-order chi connectivity index (χ0) is 39.8. The van der Waals surface area contributed by atoms with E-state index >= 15 is 0 Å². The van der Waals surface area contributed by atoms with Crippen molar-refractivity contribution in [3.8, 4) is 0 Å². The van der Waals surface area contributed by atoms with Crippen LogP contribution < -0.4 is 11.1 Å². The summed E-state index contributed by atoms with van der Waals surface area (Å²) in [5, 5.41) is 24.0. The third-order valence-corrected chi connectivity index (χ3v) is 10.4. The normalized spacial score (nSPS) is 15.1. The summed E-state index contributed by atoms with van der Waals surface area (Å²) < 4.78 is 22.0. The lowest BCUT2D eigenvalue weighted by Crippen LogP contribution is -2.46. The monoisotopic (exact) mass is 783 g/mol. The SMILES string of the molecule is CCCCCCC/C=C/CC/C=C/C(O)C(COP(=O)(O)OCCN)NC(=O)CC(O)CCCCCCC/C=C\C/C=C\CCCCCCCCCCC. The van der Waals surface area contributed by atoms with Crippen molar-refractivity contribution in [1.82, 2.24) is 5.32 Å². The molecule has 0 rings (SSSR count). The van der Waals surface area contributed by atoms with Gasteiger partial charge in [0.2, 0.25) is 5.91 Å². The number of carbonyl (C=O) groups excluding carboxylic acids is 1. The van der Waals surface area contributed by atoms with E-state index in [1.807, 2.05) is 6.08 Å². The molecule has 0 aromatic carbocycles. The fourth-order valence-electron chi connectivity index (χ4n) is 6.10. The van der Waals surface area contributed by atoms with Gasteiger partial charge in [-0.3, -0.25) is 13.8 Å². The molecule has 0 heterocycles. The van der Waals surface area contributed by atoms with Crippen molar-refractivity contribution in [2.45, 2.75) is 205 Å². The molecule has 1 amide bonds. The average Bonchev–Trinajstić information content (AvgIpc) is 3.15. The van der Waals surface area contributed by atoms with Crippen LogP contribution >= 0.6 is 7.82 Å². The van der Waals surface area contributed by atoms with E-state index in [2.05, 4.69) is 55.6 Å². The number of carbonyl (C=O) groups is 1. The number of nitrogens with two attached hydrogens (primary N) is 1. The molecule has 0 aromatic heterocycles. The van der Waals surface area contributed by atoms with Gasteiger partial charge < -0.3 is 26.2 Å². The van der Waals surface area contributed by atoms with Gasteiger partial charge in [0.05, 0.1) is 37.9 Å². The minimum Gasteiger partial charge on any atom is -0.393 e. The fraction of sp³-hybridized carbons (Fsp3) is 0.795. The molecule has 6 N–H and O–H groups in total. The van der Waals surface area contributed by atoms with Crippen molar-refractivity contribution in [3.63, 3.8) is 0 Å². The summed E-state index contributed by atoms with van der Waals surface area (Å²) in [6.07, 6.45) is 44.9. The Kier molecular flexibility index (Phi) is 38.5. The van der Waals surface area contributed by atoms with E-state index in [1.165, 1.54) is 96.3 Å². The first-order chi connectivity index (χ1) is 26.3. The van der Waals surface area contributed by atoms with Crippen LogP contribution in [0.4, 0.5) is 0 Å². The third-order valence-electron chi connectivity index (χ3n) is 9.43. The van der Waals surface area contributed by atoms with E-state index in [1.54, 1.807) is 6.08 Å². The van der Waals surface area contributed by atoms with Gasteiger partial charge >= 0.3 is 7.82 Å². The molecule has 0 aromatic rings. The van der Waals surface area contributed by atoms with Gasteiger partial charge in [-0.1, -0.05) is 165 Å². The largest absolute Gasteiger partial charge is 0.472 e. The van der Waals surface area contributed by atoms with Gasteiger partial charge in [-0.2, -0.15) is 0 Å². The van der Waals surface area contributed by atoms with Crippen LogP contribution in [0, 0.1) is 0 Å². The molecule has 0 aliphatic rings. The molecule has 54 heavy (non-hydrogen) atoms. The summed E-state index contributed by atoms with van der Waals surface area (Å²) in [6.45, 7) is 3.91. The molecule has 0 aliphatic heterocycles. The van der Waals surface area contributed by atoms with Gasteiger partial charge in [0.25, 0.3) is 0 Å². The molecular formula is C44H83N2O7P. The molecule has 4 atom stereocenters. The number of rotatable bonds is 40. The molecule has 0 saturated heterocycles. The Morgan fingerprint density at radius 3 is 1.65 bits per heavy atom. The number of nitrogens with one attached hydrogen (secondary N) is 1. The number of amides is 1. The molecule has 4 unspecified atom stereocenters. The predicted molar refractivity (Wildman–Crippen MR) is 227 cm³/mol. The summed E-state index contributed by atoms with van der Waals surface area (Å²) >= 11 is 0. The van der Waals surface area contributed by atoms with Gasteiger partial charge in [-0.05, 0) is 64.2 Å². The highest BCUT2D eigenvalue weighted by molar-refractivity contribution is 7.47. The number of aliphatic hydroxyl groups excluding tert-OH is 2. The first-order valence-corrected chi connectivity index (χ1v) is 23.3. The topological polar surface area (TPSA) is 151 Å². The predicted octanol–water partition coefficient (Wildman–Crippen LogP) is 11.1. The Balaban J connectivity index is 4.28. The number of hydrogen-bond acceptors (Lipinski definition) is 7. The summed E-state index contributed by atoms with van der Waals surface area (Å²) in [6, 6.07) is -1.00. The van der Waals surface area contributed by atoms with Crippen LogP contribution in [0.2, 0.25) is 0 Å². The number of phosphoric acid groups is 1. The smallest absolute Gasteiger partial charge is 0.393 e. The van der Waals surface area contributed by atoms with Gasteiger partial charge in [-0.25, -0.2) is 4.57 Å². The molecule has 10 heteroatoms. The maximum Gasteiger partial charge on any atom is 0.472 e. The van der Waals surface area contributed by atoms with Crippen LogP contribution in [0.25, 0.3) is 0 Å². The Morgan fingerprint density at radius 2 is 1.11 bits per heavy atom. The lowest BCUT2D eigenvalue weighted by Gasteiger charge is -2.24. The molecule has 0 bridgehead atoms. The van der Waals surface area contributed by atoms with E-state index < -0.39 is 38.6 Å². The fourth-order valence-corrected chi connectivity index (χ4v) is 6.86. The van der Waals surface area contributed by atoms with Crippen LogP contribution in [0.15, 0.2) is 48.6 Å². The lowest BCUT2D eigenvalue weighted by atomic mass is 10.0. The van der Waals surface area contributed by atoms with Crippen LogP contribution in [-0.4, -0.2) is 59.0 Å². The van der Waals surface area contributed by atoms with Crippen LogP contribution in [-0.2, 0) is 18.4 Å². The third kappa shape index (κ3) is 37.3. The Labute approximate surface area is 331 Å². The van der Waals surface area contributed by atoms with E-state index in [-0.39, 0.29) is 19.6 Å². The summed E-state index contributed by atoms with van der Waals surface area (Å²) in [5.74, 6) is -0.466. The summed E-state index contributed by atoms with van der Waals surface area (Å²) in [4.78, 5) is 22.7. The standard InChI is InChI=1S/C44H83N2O7P/c1-3-5-7-9-11-13-15-16-17-18-19-20-21-22-23-24-26-27-29-31-33-35-41(47)39-44(49)46-42(40-53-54(50,51)52-38-37-45)43(48)36-34-32-30-28-25-14-12-10-8-6-4-2/h19-20,22-23,25,28,34,36,41-43,47-48H,3-18,21,24,26-27,29-33,35,37-40,45H2,1-2H3,(H,46,49)(H,50,51)/b20-19-,23-22-,28-25+,36-34+. The Hall–Kier alpha value is -1.58. The number of aliphatic hydroxyl groups is 2. The quantitative estimate of drug-likeness (QED) is 0.0234. The summed E-state index contributed by atoms with van der Waals surface area (Å²) in [5.41, 5.74) is 5.35. The van der Waals surface area contributed by atoms with Crippen molar-refractivity contribution < 1.29 is 33.5 Å². The second-order valence-corrected chi connectivity index (χ2v) is 16.2. The van der Waals surface area contributed by atoms with Gasteiger partial charge in [0, 0.05) is 6.54 Å². The molecule has 0 radical (unpaired) electrons. The zero-order valence-corrected chi connectivity index (χ0v) is 35.5. The minimum absolute atomic E-state index is 0.0412. The molecule has 9 nitrogen and oxygen atoms in total. The number of unbranched alkanes of at least 4 members (excludes halogenated alkanes) is 20. The van der Waals surface area contributed by atoms with Crippen LogP contribution in [0.5, 0.6) is 0 Å². The van der Waals surface area contributed by atoms with Crippen molar-refractivity contribution in [2.24, 2.45) is 5.73 Å². The summed E-state index contributed by atoms with van der Waals surface area (Å²) in [7, 11) is -4.41. The molecule has 0 aliphatic carbocycles. The molecule has 0 spiro atoms. The highest BCUT2D eigenvalue weighted by Gasteiger charge is 2.27. The average molecular weight is 783 g/mol. The molecule has 316 valence electrons. The van der Waals surface area contributed by atoms with Gasteiger partial charge in [-0.15, -0.1) is 0 Å². The highest BCUT2D eigenvalue weighted by atomic mass is 31.2. The second-order valence-electron chi connectivity index (χ2n) is 14.7. The lowest BCUT2D eigenvalue weighted by molar-refractivity contribution is -0.124. The molecule has 0 fully saturated rings. The highest BCUT2D eigenvalue weighted by Crippen LogP contribution is 2.43. The van der Waals surface area contributed by atoms with Crippen molar-refractivity contribution in [1.29, 1.82) is 0 Å². The number of hydrogen-bond donors (Lipinski definition) is 5. The molecule has 0 saturated carbocycles. The second kappa shape index (κ2) is 39.6. The van der Waals surface area contributed by atoms with Gasteiger partial charge in [0.1, 0.15) is 0 Å². The van der Waals surface area contributed by atoms with E-state index in [0.29, 0.717) is 12.8 Å². The Morgan fingerprint density at radius 1 is 0.648 bits per heavy atom. The van der Waals surface area contributed by atoms with E-state index in [0.717, 1.165) is 57.8 Å². The van der Waals surface area contributed by atoms with Crippen molar-refractivity contribution in [2.75, 3.05) is 19.8 Å². The Bertz CT molecular complexity index is 1000. The van der Waals surface area contributed by atoms with Crippen molar-refractivity contribution >= 4 is 13.7 Å². The van der Waals surface area contributed by atoms with Gasteiger partial charge in [0.15, 0.2) is 0 Å². The minimum atomic E-state index is -4.41.